The first-order chi connectivity index (χ1) is 7.54. The zero-order valence-corrected chi connectivity index (χ0v) is 9.84. The number of carbonyl (C=O) groups is 2. The average Bonchev–Trinajstić information content (AvgIpc) is 2.66. The minimum absolute atomic E-state index is 0.136. The van der Waals surface area contributed by atoms with Gasteiger partial charge in [-0.2, -0.15) is 11.8 Å². The second-order valence-corrected chi connectivity index (χ2v) is 4.10. The van der Waals surface area contributed by atoms with Crippen LogP contribution in [-0.4, -0.2) is 29.3 Å². The Morgan fingerprint density at radius 1 is 1.56 bits per heavy atom. The largest absolute Gasteiger partial charge is 0.480 e. The lowest BCUT2D eigenvalue weighted by molar-refractivity contribution is -0.138. The number of furan rings is 1. The number of carboxylic acid groups (broad SMARTS) is 1. The normalized spacial score (nSPS) is 12.1. The first kappa shape index (κ1) is 12.6. The Hall–Kier alpha value is -1.43. The molecule has 0 aliphatic heterocycles. The van der Waals surface area contributed by atoms with Gasteiger partial charge in [-0.25, -0.2) is 0 Å². The molecule has 1 aromatic heterocycles. The summed E-state index contributed by atoms with van der Waals surface area (Å²) in [5.41, 5.74) is 0. The SMILES string of the molecule is CSCc1ccc(C(=O)NC(C)C(=O)O)o1. The molecule has 1 heterocycles. The molecule has 6 heteroatoms. The number of carbonyl (C=O) groups excluding carboxylic acids is 1. The molecule has 1 unspecified atom stereocenters. The fourth-order valence-electron chi connectivity index (χ4n) is 1.05. The highest BCUT2D eigenvalue weighted by Gasteiger charge is 2.17. The lowest BCUT2D eigenvalue weighted by atomic mass is 10.3. The van der Waals surface area contributed by atoms with Crippen LogP contribution < -0.4 is 5.32 Å². The summed E-state index contributed by atoms with van der Waals surface area (Å²) in [5, 5.41) is 10.9. The zero-order chi connectivity index (χ0) is 12.1. The fraction of sp³-hybridized carbons (Fsp3) is 0.400. The Morgan fingerprint density at radius 3 is 2.81 bits per heavy atom. The third-order valence-electron chi connectivity index (χ3n) is 1.89. The molecule has 1 atom stereocenters. The van der Waals surface area contributed by atoms with Crippen LogP contribution in [0.5, 0.6) is 0 Å². The summed E-state index contributed by atoms with van der Waals surface area (Å²) in [7, 11) is 0. The highest BCUT2D eigenvalue weighted by molar-refractivity contribution is 7.97. The molecule has 0 saturated heterocycles. The van der Waals surface area contributed by atoms with Gasteiger partial charge in [-0.3, -0.25) is 9.59 Å². The molecule has 88 valence electrons. The Bertz CT molecular complexity index is 388. The highest BCUT2D eigenvalue weighted by Crippen LogP contribution is 2.13. The van der Waals surface area contributed by atoms with E-state index in [9.17, 15) is 9.59 Å². The number of hydrogen-bond donors (Lipinski definition) is 2. The van der Waals surface area contributed by atoms with E-state index in [1.165, 1.54) is 13.0 Å². The van der Waals surface area contributed by atoms with Crippen molar-refractivity contribution in [3.05, 3.63) is 23.7 Å². The van der Waals surface area contributed by atoms with E-state index >= 15 is 0 Å². The van der Waals surface area contributed by atoms with E-state index < -0.39 is 17.9 Å². The van der Waals surface area contributed by atoms with Gasteiger partial charge in [0, 0.05) is 0 Å². The lowest BCUT2D eigenvalue weighted by Gasteiger charge is -2.06. The molecule has 0 aromatic carbocycles. The average molecular weight is 243 g/mol. The van der Waals surface area contributed by atoms with Crippen molar-refractivity contribution in [2.75, 3.05) is 6.26 Å². The second-order valence-electron chi connectivity index (χ2n) is 3.23. The van der Waals surface area contributed by atoms with Crippen LogP contribution in [0.15, 0.2) is 16.5 Å². The minimum Gasteiger partial charge on any atom is -0.480 e. The standard InChI is InChI=1S/C10H13NO4S/c1-6(10(13)14)11-9(12)8-4-3-7(15-8)5-16-2/h3-4,6H,5H2,1-2H3,(H,11,12)(H,13,14). The van der Waals surface area contributed by atoms with Gasteiger partial charge in [0.1, 0.15) is 11.8 Å². The molecule has 0 aliphatic carbocycles. The quantitative estimate of drug-likeness (QED) is 0.816. The van der Waals surface area contributed by atoms with Crippen LogP contribution in [0, 0.1) is 0 Å². The smallest absolute Gasteiger partial charge is 0.325 e. The first-order valence-corrected chi connectivity index (χ1v) is 6.05. The summed E-state index contributed by atoms with van der Waals surface area (Å²) in [4.78, 5) is 22.0. The second kappa shape index (κ2) is 5.60. The van der Waals surface area contributed by atoms with Crippen molar-refractivity contribution in [3.63, 3.8) is 0 Å². The summed E-state index contributed by atoms with van der Waals surface area (Å²) < 4.78 is 5.24. The van der Waals surface area contributed by atoms with Gasteiger partial charge in [0.05, 0.1) is 5.75 Å². The summed E-state index contributed by atoms with van der Waals surface area (Å²) >= 11 is 1.58. The van der Waals surface area contributed by atoms with E-state index in [0.29, 0.717) is 11.5 Å². The van der Waals surface area contributed by atoms with Gasteiger partial charge < -0.3 is 14.8 Å². The van der Waals surface area contributed by atoms with E-state index in [4.69, 9.17) is 9.52 Å². The summed E-state index contributed by atoms with van der Waals surface area (Å²) in [5.74, 6) is -0.0776. The van der Waals surface area contributed by atoms with Gasteiger partial charge in [-0.15, -0.1) is 0 Å². The molecule has 0 spiro atoms. The third-order valence-corrected chi connectivity index (χ3v) is 2.46. The van der Waals surface area contributed by atoms with Crippen LogP contribution in [0.25, 0.3) is 0 Å². The molecule has 0 aliphatic rings. The molecule has 16 heavy (non-hydrogen) atoms. The molecule has 0 fully saturated rings. The number of nitrogens with one attached hydrogen (secondary N) is 1. The third kappa shape index (κ3) is 3.30. The summed E-state index contributed by atoms with van der Waals surface area (Å²) in [6, 6.07) is 2.31. The van der Waals surface area contributed by atoms with Gasteiger partial charge in [0.15, 0.2) is 5.76 Å². The molecule has 1 aromatic rings. The topological polar surface area (TPSA) is 79.5 Å². The van der Waals surface area contributed by atoms with E-state index in [-0.39, 0.29) is 5.76 Å². The number of amides is 1. The molecule has 1 amide bonds. The van der Waals surface area contributed by atoms with Crippen LogP contribution in [0.2, 0.25) is 0 Å². The van der Waals surface area contributed by atoms with Gasteiger partial charge in [-0.05, 0) is 25.3 Å². The van der Waals surface area contributed by atoms with E-state index in [2.05, 4.69) is 5.32 Å². The van der Waals surface area contributed by atoms with Gasteiger partial charge in [-0.1, -0.05) is 0 Å². The van der Waals surface area contributed by atoms with Crippen molar-refractivity contribution in [2.45, 2.75) is 18.7 Å². The minimum atomic E-state index is -1.08. The van der Waals surface area contributed by atoms with Crippen LogP contribution in [0.3, 0.4) is 0 Å². The van der Waals surface area contributed by atoms with Crippen molar-refractivity contribution in [1.82, 2.24) is 5.32 Å². The van der Waals surface area contributed by atoms with Crippen LogP contribution >= 0.6 is 11.8 Å². The molecule has 1 rings (SSSR count). The van der Waals surface area contributed by atoms with E-state index in [1.54, 1.807) is 17.8 Å². The summed E-state index contributed by atoms with van der Waals surface area (Å²) in [6.07, 6.45) is 1.93. The van der Waals surface area contributed by atoms with Gasteiger partial charge in [0.25, 0.3) is 5.91 Å². The predicted molar refractivity (Wildman–Crippen MR) is 60.5 cm³/mol. The van der Waals surface area contributed by atoms with E-state index in [0.717, 1.165) is 0 Å². The molecule has 0 bridgehead atoms. The van der Waals surface area contributed by atoms with Crippen LogP contribution in [0.1, 0.15) is 23.2 Å². The maximum atomic E-state index is 11.5. The van der Waals surface area contributed by atoms with Gasteiger partial charge >= 0.3 is 5.97 Å². The van der Waals surface area contributed by atoms with Crippen molar-refractivity contribution >= 4 is 23.6 Å². The number of aliphatic carboxylic acids is 1. The van der Waals surface area contributed by atoms with E-state index in [1.807, 2.05) is 6.26 Å². The molecule has 0 saturated carbocycles. The van der Waals surface area contributed by atoms with Crippen LogP contribution in [-0.2, 0) is 10.5 Å². The van der Waals surface area contributed by atoms with Gasteiger partial charge in [0.2, 0.25) is 0 Å². The lowest BCUT2D eigenvalue weighted by Crippen LogP contribution is -2.38. The Labute approximate surface area is 97.2 Å². The van der Waals surface area contributed by atoms with Crippen molar-refractivity contribution in [3.8, 4) is 0 Å². The maximum Gasteiger partial charge on any atom is 0.325 e. The predicted octanol–water partition coefficient (Wildman–Crippen LogP) is 1.35. The number of rotatable bonds is 5. The Morgan fingerprint density at radius 2 is 2.25 bits per heavy atom. The molecule has 5 nitrogen and oxygen atoms in total. The maximum absolute atomic E-state index is 11.5. The molecular formula is C10H13NO4S. The van der Waals surface area contributed by atoms with Crippen molar-refractivity contribution < 1.29 is 19.1 Å². The molecule has 0 radical (unpaired) electrons. The van der Waals surface area contributed by atoms with Crippen molar-refractivity contribution in [2.24, 2.45) is 0 Å². The monoisotopic (exact) mass is 243 g/mol. The Kier molecular flexibility index (Phi) is 4.42. The number of thioether (sulfide) groups is 1. The molecular weight excluding hydrogens is 230 g/mol. The fourth-order valence-corrected chi connectivity index (χ4v) is 1.49. The van der Waals surface area contributed by atoms with Crippen LogP contribution in [0.4, 0.5) is 0 Å². The first-order valence-electron chi connectivity index (χ1n) is 4.66. The Balaban J connectivity index is 2.62. The highest BCUT2D eigenvalue weighted by atomic mass is 32.2. The number of hydrogen-bond acceptors (Lipinski definition) is 4. The molecule has 2 N–H and O–H groups in total. The summed E-state index contributed by atoms with van der Waals surface area (Å²) in [6.45, 7) is 1.39. The number of carboxylic acids is 1. The zero-order valence-electron chi connectivity index (χ0n) is 9.02. The van der Waals surface area contributed by atoms with Crippen molar-refractivity contribution in [1.29, 1.82) is 0 Å².